The highest BCUT2D eigenvalue weighted by Gasteiger charge is 2.26. The van der Waals surface area contributed by atoms with Crippen LogP contribution in [-0.4, -0.2) is 63.4 Å². The molecule has 1 aliphatic rings. The summed E-state index contributed by atoms with van der Waals surface area (Å²) in [5, 5.41) is 14.4. The number of thiophene rings is 1. The van der Waals surface area contributed by atoms with Crippen LogP contribution in [0, 0.1) is 16.0 Å². The van der Waals surface area contributed by atoms with Gasteiger partial charge < -0.3 is 10.1 Å². The third kappa shape index (κ3) is 5.13. The third-order valence-corrected chi connectivity index (χ3v) is 6.47. The first-order valence-corrected chi connectivity index (χ1v) is 10.4. The van der Waals surface area contributed by atoms with Crippen LogP contribution in [0.5, 0.6) is 0 Å². The number of nitro groups is 1. The van der Waals surface area contributed by atoms with Crippen LogP contribution in [0.2, 0.25) is 0 Å². The second kappa shape index (κ2) is 7.77. The Balaban J connectivity index is 2.03. The van der Waals surface area contributed by atoms with Crippen molar-refractivity contribution in [3.8, 4) is 0 Å². The number of morpholine rings is 1. The molecule has 0 radical (unpaired) electrons. The highest BCUT2D eigenvalue weighted by atomic mass is 32.2. The van der Waals surface area contributed by atoms with Crippen molar-refractivity contribution in [3.63, 3.8) is 0 Å². The topological polar surface area (TPSA) is 102 Å². The summed E-state index contributed by atoms with van der Waals surface area (Å²) in [6.45, 7) is 7.96. The lowest BCUT2D eigenvalue weighted by atomic mass is 10.2. The van der Waals surface area contributed by atoms with E-state index >= 15 is 0 Å². The number of hydrogen-bond acceptors (Lipinski definition) is 8. The number of hydrogen-bond donors (Lipinski definition) is 1. The van der Waals surface area contributed by atoms with Crippen molar-refractivity contribution < 1.29 is 18.1 Å². The highest BCUT2D eigenvalue weighted by Crippen LogP contribution is 2.37. The molecule has 1 atom stereocenters. The fourth-order valence-electron chi connectivity index (χ4n) is 2.60. The first kappa shape index (κ1) is 19.1. The monoisotopic (exact) mass is 377 g/mol. The molecule has 1 N–H and O–H groups in total. The molecule has 1 saturated heterocycles. The van der Waals surface area contributed by atoms with Crippen molar-refractivity contribution >= 4 is 31.9 Å². The van der Waals surface area contributed by atoms with E-state index in [2.05, 4.69) is 24.1 Å². The Kier molecular flexibility index (Phi) is 6.18. The van der Waals surface area contributed by atoms with Gasteiger partial charge in [-0.15, -0.1) is 0 Å². The molecule has 0 spiro atoms. The third-order valence-electron chi connectivity index (χ3n) is 3.59. The second-order valence-corrected chi connectivity index (χ2v) is 9.63. The molecule has 24 heavy (non-hydrogen) atoms. The summed E-state index contributed by atoms with van der Waals surface area (Å²) in [7, 11) is -3.47. The molecule has 8 nitrogen and oxygen atoms in total. The Morgan fingerprint density at radius 3 is 2.83 bits per heavy atom. The molecule has 1 aromatic heterocycles. The van der Waals surface area contributed by atoms with Crippen molar-refractivity contribution in [1.82, 2.24) is 4.90 Å². The zero-order valence-electron chi connectivity index (χ0n) is 14.0. The first-order valence-electron chi connectivity index (χ1n) is 7.73. The number of rotatable bonds is 7. The van der Waals surface area contributed by atoms with E-state index in [1.165, 1.54) is 0 Å². The maximum atomic E-state index is 11.6. The van der Waals surface area contributed by atoms with E-state index in [0.717, 1.165) is 43.3 Å². The van der Waals surface area contributed by atoms with Crippen molar-refractivity contribution in [2.45, 2.75) is 24.2 Å². The van der Waals surface area contributed by atoms with E-state index in [4.69, 9.17) is 4.74 Å². The predicted molar refractivity (Wildman–Crippen MR) is 93.6 cm³/mol. The van der Waals surface area contributed by atoms with Crippen molar-refractivity contribution in [2.75, 3.05) is 44.4 Å². The summed E-state index contributed by atoms with van der Waals surface area (Å²) in [6.07, 6.45) is 0.960. The Labute approximate surface area is 145 Å². The zero-order valence-corrected chi connectivity index (χ0v) is 15.7. The number of nitrogens with one attached hydrogen (secondary N) is 1. The van der Waals surface area contributed by atoms with E-state index in [1.54, 1.807) is 0 Å². The number of ether oxygens (including phenoxy) is 1. The predicted octanol–water partition coefficient (Wildman–Crippen LogP) is 1.83. The van der Waals surface area contributed by atoms with Crippen LogP contribution >= 0.6 is 11.3 Å². The zero-order chi connectivity index (χ0) is 17.9. The van der Waals surface area contributed by atoms with E-state index in [0.29, 0.717) is 19.1 Å². The van der Waals surface area contributed by atoms with E-state index in [9.17, 15) is 18.5 Å². The summed E-state index contributed by atoms with van der Waals surface area (Å²) in [5.41, 5.74) is -0.213. The van der Waals surface area contributed by atoms with Crippen LogP contribution < -0.4 is 5.32 Å². The molecular formula is C14H23N3O5S2. The van der Waals surface area contributed by atoms with Crippen LogP contribution in [0.15, 0.2) is 10.3 Å². The maximum Gasteiger partial charge on any atom is 0.304 e. The van der Waals surface area contributed by atoms with E-state index < -0.39 is 14.8 Å². The van der Waals surface area contributed by atoms with Gasteiger partial charge in [0.25, 0.3) is 0 Å². The average Bonchev–Trinajstić information content (AvgIpc) is 2.89. The molecule has 2 heterocycles. The molecule has 0 aliphatic carbocycles. The molecule has 0 aromatic carbocycles. The molecular weight excluding hydrogens is 354 g/mol. The van der Waals surface area contributed by atoms with Crippen molar-refractivity contribution in [2.24, 2.45) is 5.92 Å². The minimum absolute atomic E-state index is 0.0114. The van der Waals surface area contributed by atoms with Crippen LogP contribution in [0.25, 0.3) is 0 Å². The molecule has 1 unspecified atom stereocenters. The summed E-state index contributed by atoms with van der Waals surface area (Å²) in [6, 6.07) is 1.11. The van der Waals surface area contributed by atoms with Gasteiger partial charge in [-0.25, -0.2) is 8.42 Å². The van der Waals surface area contributed by atoms with Gasteiger partial charge in [0, 0.05) is 38.5 Å². The standard InChI is InChI=1S/C14H23N3O5S2/c1-10(2)8-16-4-5-22-11(9-16)7-15-14-12(17(18)19)6-13(23-14)24(3,20)21/h6,10-11,15H,4-5,7-9H2,1-3H3. The summed E-state index contributed by atoms with van der Waals surface area (Å²) in [5.74, 6) is 0.562. The molecule has 1 aromatic rings. The highest BCUT2D eigenvalue weighted by molar-refractivity contribution is 7.92. The Morgan fingerprint density at radius 2 is 2.25 bits per heavy atom. The number of anilines is 1. The molecule has 2 rings (SSSR count). The fraction of sp³-hybridized carbons (Fsp3) is 0.714. The Hall–Kier alpha value is -1.23. The van der Waals surface area contributed by atoms with Gasteiger partial charge in [0.15, 0.2) is 14.8 Å². The maximum absolute atomic E-state index is 11.6. The summed E-state index contributed by atoms with van der Waals surface area (Å²) >= 11 is 0.885. The SMILES string of the molecule is CC(C)CN1CCOC(CNc2sc(S(C)(=O)=O)cc2[N+](=O)[O-])C1. The lowest BCUT2D eigenvalue weighted by Gasteiger charge is -2.33. The van der Waals surface area contributed by atoms with Crippen LogP contribution in [0.4, 0.5) is 10.7 Å². The lowest BCUT2D eigenvalue weighted by molar-refractivity contribution is -0.383. The van der Waals surface area contributed by atoms with Gasteiger partial charge in [-0.2, -0.15) is 0 Å². The second-order valence-electron chi connectivity index (χ2n) is 6.34. The quantitative estimate of drug-likeness (QED) is 0.571. The molecule has 0 bridgehead atoms. The largest absolute Gasteiger partial charge is 0.374 e. The Morgan fingerprint density at radius 1 is 1.54 bits per heavy atom. The lowest BCUT2D eigenvalue weighted by Crippen LogP contribution is -2.46. The van der Waals surface area contributed by atoms with Crippen LogP contribution in [0.3, 0.4) is 0 Å². The van der Waals surface area contributed by atoms with E-state index in [-0.39, 0.29) is 21.0 Å². The van der Waals surface area contributed by atoms with Gasteiger partial charge in [-0.3, -0.25) is 15.0 Å². The number of nitrogens with zero attached hydrogens (tertiary/aromatic N) is 2. The average molecular weight is 377 g/mol. The number of sulfone groups is 1. The normalized spacial score (nSPS) is 19.6. The van der Waals surface area contributed by atoms with Crippen molar-refractivity contribution in [1.29, 1.82) is 0 Å². The van der Waals surface area contributed by atoms with Gasteiger partial charge in [-0.1, -0.05) is 25.2 Å². The van der Waals surface area contributed by atoms with Gasteiger partial charge in [0.05, 0.1) is 17.6 Å². The molecule has 136 valence electrons. The van der Waals surface area contributed by atoms with Crippen molar-refractivity contribution in [3.05, 3.63) is 16.2 Å². The molecule has 0 amide bonds. The summed E-state index contributed by atoms with van der Waals surface area (Å²) < 4.78 is 28.9. The van der Waals surface area contributed by atoms with Crippen LogP contribution in [-0.2, 0) is 14.6 Å². The van der Waals surface area contributed by atoms with Gasteiger partial charge >= 0.3 is 5.69 Å². The molecule has 10 heteroatoms. The van der Waals surface area contributed by atoms with Gasteiger partial charge in [0.2, 0.25) is 0 Å². The Bertz CT molecular complexity index is 687. The minimum atomic E-state index is -3.47. The summed E-state index contributed by atoms with van der Waals surface area (Å²) in [4.78, 5) is 12.9. The van der Waals surface area contributed by atoms with Crippen LogP contribution in [0.1, 0.15) is 13.8 Å². The smallest absolute Gasteiger partial charge is 0.304 e. The molecule has 1 aliphatic heterocycles. The first-order chi connectivity index (χ1) is 11.2. The fourth-order valence-corrected chi connectivity index (χ4v) is 4.54. The molecule has 1 fully saturated rings. The van der Waals surface area contributed by atoms with Gasteiger partial charge in [0.1, 0.15) is 4.21 Å². The minimum Gasteiger partial charge on any atom is -0.374 e. The molecule has 0 saturated carbocycles. The van der Waals surface area contributed by atoms with E-state index in [1.807, 2.05) is 0 Å². The van der Waals surface area contributed by atoms with Gasteiger partial charge in [-0.05, 0) is 5.92 Å².